The summed E-state index contributed by atoms with van der Waals surface area (Å²) in [5.41, 5.74) is 0. The topological polar surface area (TPSA) is 46.5 Å². The molecule has 0 aliphatic rings. The van der Waals surface area contributed by atoms with Gasteiger partial charge in [0.15, 0.2) is 11.5 Å². The van der Waals surface area contributed by atoms with E-state index < -0.39 is 5.97 Å². The normalized spacial score (nSPS) is 10.3. The molecule has 1 aromatic rings. The Bertz CT molecular complexity index is 416. The lowest BCUT2D eigenvalue weighted by Crippen LogP contribution is -2.07. The molecule has 3 nitrogen and oxygen atoms in total. The van der Waals surface area contributed by atoms with E-state index in [0.717, 1.165) is 0 Å². The predicted octanol–water partition coefficient (Wildman–Crippen LogP) is 2.86. The van der Waals surface area contributed by atoms with Crippen molar-refractivity contribution >= 4 is 56.5 Å². The number of thiol groups is 4. The molecule has 0 heterocycles. The largest absolute Gasteiger partial charge is 0.503 e. The molecule has 1 N–H and O–H groups in total. The van der Waals surface area contributed by atoms with Crippen molar-refractivity contribution in [2.24, 2.45) is 0 Å². The van der Waals surface area contributed by atoms with Crippen LogP contribution in [0.3, 0.4) is 0 Å². The van der Waals surface area contributed by atoms with Crippen molar-refractivity contribution in [2.45, 2.75) is 32.9 Å². The van der Waals surface area contributed by atoms with E-state index in [1.165, 1.54) is 0 Å². The Morgan fingerprint density at radius 3 is 2.12 bits per heavy atom. The van der Waals surface area contributed by atoms with Crippen LogP contribution in [-0.2, 0) is 4.79 Å². The second kappa shape index (κ2) is 5.48. The first-order chi connectivity index (χ1) is 7.40. The molecule has 1 aromatic carbocycles. The number of esters is 1. The predicted molar refractivity (Wildman–Crippen MR) is 73.0 cm³/mol. The minimum absolute atomic E-state index is 0.0389. The minimum atomic E-state index is -0.474. The number of rotatable bonds is 2. The molecular formula is C9H10O3S4. The zero-order valence-corrected chi connectivity index (χ0v) is 11.8. The van der Waals surface area contributed by atoms with Gasteiger partial charge in [-0.2, -0.15) is 0 Å². The van der Waals surface area contributed by atoms with Crippen molar-refractivity contribution in [3.8, 4) is 11.5 Å². The van der Waals surface area contributed by atoms with Gasteiger partial charge in [0.1, 0.15) is 0 Å². The summed E-state index contributed by atoms with van der Waals surface area (Å²) in [6.07, 6.45) is 0.194. The van der Waals surface area contributed by atoms with E-state index in [-0.39, 0.29) is 27.7 Å². The van der Waals surface area contributed by atoms with Gasteiger partial charge in [-0.3, -0.25) is 4.79 Å². The second-order valence-electron chi connectivity index (χ2n) is 2.90. The molecule has 0 amide bonds. The van der Waals surface area contributed by atoms with Crippen LogP contribution >= 0.6 is 50.5 Å². The summed E-state index contributed by atoms with van der Waals surface area (Å²) in [6, 6.07) is 0. The van der Waals surface area contributed by atoms with Crippen molar-refractivity contribution in [2.75, 3.05) is 0 Å². The number of hydrogen-bond donors (Lipinski definition) is 5. The zero-order chi connectivity index (χ0) is 12.5. The van der Waals surface area contributed by atoms with Crippen LogP contribution < -0.4 is 4.74 Å². The number of carbonyl (C=O) groups excluding carboxylic acids is 1. The van der Waals surface area contributed by atoms with Gasteiger partial charge >= 0.3 is 5.97 Å². The second-order valence-corrected chi connectivity index (χ2v) is 4.69. The highest BCUT2D eigenvalue weighted by Crippen LogP contribution is 2.46. The minimum Gasteiger partial charge on any atom is -0.503 e. The summed E-state index contributed by atoms with van der Waals surface area (Å²) in [5.74, 6) is -0.779. The highest BCUT2D eigenvalue weighted by Gasteiger charge is 2.20. The van der Waals surface area contributed by atoms with Gasteiger partial charge in [-0.25, -0.2) is 0 Å². The van der Waals surface area contributed by atoms with Crippen molar-refractivity contribution < 1.29 is 14.6 Å². The fourth-order valence-electron chi connectivity index (χ4n) is 0.946. The molecule has 0 spiro atoms. The Balaban J connectivity index is 3.34. The van der Waals surface area contributed by atoms with Crippen molar-refractivity contribution in [3.05, 3.63) is 0 Å². The van der Waals surface area contributed by atoms with Gasteiger partial charge in [0, 0.05) is 16.2 Å². The Morgan fingerprint density at radius 1 is 1.12 bits per heavy atom. The molecule has 0 aliphatic carbocycles. The summed E-state index contributed by atoms with van der Waals surface area (Å²) in [7, 11) is 0. The molecule has 7 heteroatoms. The molecule has 1 rings (SSSR count). The fourth-order valence-corrected chi connectivity index (χ4v) is 2.03. The van der Waals surface area contributed by atoms with Crippen molar-refractivity contribution in [1.29, 1.82) is 0 Å². The third kappa shape index (κ3) is 2.58. The zero-order valence-electron chi connectivity index (χ0n) is 8.26. The van der Waals surface area contributed by atoms with E-state index in [1.54, 1.807) is 6.92 Å². The van der Waals surface area contributed by atoms with Crippen LogP contribution in [0.25, 0.3) is 0 Å². The van der Waals surface area contributed by atoms with E-state index in [1.807, 2.05) is 0 Å². The van der Waals surface area contributed by atoms with Gasteiger partial charge in [0.05, 0.1) is 9.79 Å². The number of carbonyl (C=O) groups is 1. The number of benzene rings is 1. The first-order valence-corrected chi connectivity index (χ1v) is 6.08. The monoisotopic (exact) mass is 294 g/mol. The molecule has 16 heavy (non-hydrogen) atoms. The van der Waals surface area contributed by atoms with E-state index in [4.69, 9.17) is 4.74 Å². The molecule has 0 fully saturated rings. The number of hydrogen-bond acceptors (Lipinski definition) is 7. The van der Waals surface area contributed by atoms with Gasteiger partial charge in [-0.1, -0.05) is 6.92 Å². The van der Waals surface area contributed by atoms with Gasteiger partial charge in [0.2, 0.25) is 0 Å². The quantitative estimate of drug-likeness (QED) is 0.331. The first-order valence-electron chi connectivity index (χ1n) is 4.29. The molecular weight excluding hydrogens is 284 g/mol. The highest BCUT2D eigenvalue weighted by molar-refractivity contribution is 7.86. The average Bonchev–Trinajstić information content (AvgIpc) is 2.29. The van der Waals surface area contributed by atoms with Crippen LogP contribution in [-0.4, -0.2) is 11.1 Å². The molecule has 0 saturated carbocycles. The van der Waals surface area contributed by atoms with Crippen LogP contribution in [0.15, 0.2) is 19.6 Å². The lowest BCUT2D eigenvalue weighted by Gasteiger charge is -2.14. The summed E-state index contributed by atoms with van der Waals surface area (Å²) in [6.45, 7) is 1.65. The first kappa shape index (κ1) is 14.0. The Hall–Kier alpha value is -0.110. The Kier molecular flexibility index (Phi) is 4.78. The van der Waals surface area contributed by atoms with Crippen molar-refractivity contribution in [1.82, 2.24) is 0 Å². The van der Waals surface area contributed by atoms with E-state index >= 15 is 0 Å². The highest BCUT2D eigenvalue weighted by atomic mass is 32.1. The van der Waals surface area contributed by atoms with E-state index in [9.17, 15) is 9.90 Å². The number of aromatic hydroxyl groups is 1. The van der Waals surface area contributed by atoms with Crippen LogP contribution in [0.5, 0.6) is 11.5 Å². The molecule has 0 aliphatic heterocycles. The van der Waals surface area contributed by atoms with Gasteiger partial charge in [-0.05, 0) is 0 Å². The SMILES string of the molecule is CCC(=O)Oc1c(O)c(S)c(S)c(S)c1S. The number of phenols is 1. The summed E-state index contributed by atoms with van der Waals surface area (Å²) < 4.78 is 4.94. The maximum atomic E-state index is 11.2. The standard InChI is InChI=1S/C9H10O3S4/c1-2-3(10)12-5-4(11)6(13)8(15)9(16)7(5)14/h11,13-16H,2H2,1H3. The fraction of sp³-hybridized carbons (Fsp3) is 0.222. The molecule has 0 unspecified atom stereocenters. The number of ether oxygens (including phenoxy) is 1. The third-order valence-corrected chi connectivity index (χ3v) is 4.12. The molecule has 88 valence electrons. The van der Waals surface area contributed by atoms with Gasteiger partial charge in [-0.15, -0.1) is 50.5 Å². The lowest BCUT2D eigenvalue weighted by atomic mass is 10.3. The molecule has 0 aromatic heterocycles. The molecule has 0 atom stereocenters. The molecule has 0 bridgehead atoms. The molecule has 0 radical (unpaired) electrons. The Labute approximate surface area is 115 Å². The van der Waals surface area contributed by atoms with Gasteiger partial charge < -0.3 is 9.84 Å². The van der Waals surface area contributed by atoms with Crippen LogP contribution in [0.4, 0.5) is 0 Å². The maximum Gasteiger partial charge on any atom is 0.311 e. The van der Waals surface area contributed by atoms with Crippen LogP contribution in [0, 0.1) is 0 Å². The van der Waals surface area contributed by atoms with Gasteiger partial charge in [0.25, 0.3) is 0 Å². The third-order valence-electron chi connectivity index (χ3n) is 1.83. The number of phenolic OH excluding ortho intramolecular Hbond substituents is 1. The summed E-state index contributed by atoms with van der Waals surface area (Å²) in [5, 5.41) is 9.74. The summed E-state index contributed by atoms with van der Waals surface area (Å²) >= 11 is 16.4. The smallest absolute Gasteiger partial charge is 0.311 e. The van der Waals surface area contributed by atoms with Crippen LogP contribution in [0.2, 0.25) is 0 Å². The van der Waals surface area contributed by atoms with Crippen LogP contribution in [0.1, 0.15) is 13.3 Å². The van der Waals surface area contributed by atoms with Crippen molar-refractivity contribution in [3.63, 3.8) is 0 Å². The maximum absolute atomic E-state index is 11.2. The average molecular weight is 294 g/mol. The molecule has 0 saturated heterocycles. The van der Waals surface area contributed by atoms with E-state index in [0.29, 0.717) is 9.79 Å². The lowest BCUT2D eigenvalue weighted by molar-refractivity contribution is -0.134. The summed E-state index contributed by atoms with van der Waals surface area (Å²) in [4.78, 5) is 12.4. The Morgan fingerprint density at radius 2 is 1.62 bits per heavy atom. The van der Waals surface area contributed by atoms with E-state index in [2.05, 4.69) is 50.5 Å².